The fourth-order valence-corrected chi connectivity index (χ4v) is 3.93. The van der Waals surface area contributed by atoms with E-state index in [0.29, 0.717) is 43.5 Å². The summed E-state index contributed by atoms with van der Waals surface area (Å²) in [5.41, 5.74) is 3.52. The van der Waals surface area contributed by atoms with Gasteiger partial charge in [-0.05, 0) is 30.2 Å². The van der Waals surface area contributed by atoms with Gasteiger partial charge in [-0.15, -0.1) is 0 Å². The molecule has 1 saturated heterocycles. The second kappa shape index (κ2) is 9.28. The molecule has 1 fully saturated rings. The summed E-state index contributed by atoms with van der Waals surface area (Å²) < 4.78 is 11.1. The summed E-state index contributed by atoms with van der Waals surface area (Å²) in [6.45, 7) is 3.89. The van der Waals surface area contributed by atoms with Crippen molar-refractivity contribution in [2.24, 2.45) is 0 Å². The molecule has 1 aliphatic heterocycles. The zero-order valence-electron chi connectivity index (χ0n) is 18.4. The third-order valence-corrected chi connectivity index (χ3v) is 5.67. The highest BCUT2D eigenvalue weighted by atomic mass is 16.5. The standard InChI is InChI=1S/C25H25N5O3/c1-2-12-32-20-10-8-17(9-11-20)15-30-16-19(13-23(30)31)24-26-25(33-29-24)22-14-21(27-28-22)18-6-4-3-5-7-18/h3-11,14,19H,2,12-13,15-16H2,1H3,(H,27,28). The van der Waals surface area contributed by atoms with E-state index in [0.717, 1.165) is 29.0 Å². The predicted octanol–water partition coefficient (Wildman–Crippen LogP) is 4.43. The molecule has 168 valence electrons. The quantitative estimate of drug-likeness (QED) is 0.433. The number of ether oxygens (including phenoxy) is 1. The number of amides is 1. The number of likely N-dealkylation sites (tertiary alicyclic amines) is 1. The molecule has 0 spiro atoms. The minimum absolute atomic E-state index is 0.0885. The Bertz CT molecular complexity index is 1220. The van der Waals surface area contributed by atoms with Gasteiger partial charge in [0.2, 0.25) is 5.91 Å². The molecule has 0 radical (unpaired) electrons. The lowest BCUT2D eigenvalue weighted by molar-refractivity contribution is -0.128. The molecule has 4 aromatic rings. The van der Waals surface area contributed by atoms with Crippen molar-refractivity contribution in [2.75, 3.05) is 13.2 Å². The van der Waals surface area contributed by atoms with Crippen LogP contribution in [0.1, 0.15) is 37.1 Å². The molecule has 0 saturated carbocycles. The van der Waals surface area contributed by atoms with E-state index in [1.807, 2.05) is 65.6 Å². The third-order valence-electron chi connectivity index (χ3n) is 5.67. The van der Waals surface area contributed by atoms with E-state index in [2.05, 4.69) is 27.3 Å². The molecule has 1 unspecified atom stereocenters. The number of H-pyrrole nitrogens is 1. The van der Waals surface area contributed by atoms with Gasteiger partial charge in [-0.25, -0.2) is 0 Å². The first-order chi connectivity index (χ1) is 16.2. The van der Waals surface area contributed by atoms with E-state index in [4.69, 9.17) is 9.26 Å². The fourth-order valence-electron chi connectivity index (χ4n) is 3.93. The van der Waals surface area contributed by atoms with Crippen LogP contribution in [0.5, 0.6) is 5.75 Å². The van der Waals surface area contributed by atoms with Crippen molar-refractivity contribution in [3.05, 3.63) is 72.1 Å². The van der Waals surface area contributed by atoms with Crippen molar-refractivity contribution in [1.29, 1.82) is 0 Å². The van der Waals surface area contributed by atoms with Gasteiger partial charge in [-0.3, -0.25) is 9.89 Å². The number of nitrogens with one attached hydrogen (secondary N) is 1. The summed E-state index contributed by atoms with van der Waals surface area (Å²) >= 11 is 0. The largest absolute Gasteiger partial charge is 0.494 e. The maximum atomic E-state index is 12.6. The second-order valence-electron chi connectivity index (χ2n) is 8.16. The van der Waals surface area contributed by atoms with Gasteiger partial charge in [0.1, 0.15) is 11.4 Å². The van der Waals surface area contributed by atoms with Crippen LogP contribution >= 0.6 is 0 Å². The Morgan fingerprint density at radius 2 is 1.97 bits per heavy atom. The predicted molar refractivity (Wildman–Crippen MR) is 122 cm³/mol. The van der Waals surface area contributed by atoms with E-state index in [1.165, 1.54) is 0 Å². The second-order valence-corrected chi connectivity index (χ2v) is 8.16. The maximum Gasteiger partial charge on any atom is 0.275 e. The minimum Gasteiger partial charge on any atom is -0.494 e. The Hall–Kier alpha value is -3.94. The molecule has 5 rings (SSSR count). The molecular weight excluding hydrogens is 418 g/mol. The topological polar surface area (TPSA) is 97.1 Å². The van der Waals surface area contributed by atoms with Crippen LogP contribution in [0.4, 0.5) is 0 Å². The molecule has 3 heterocycles. The first-order valence-corrected chi connectivity index (χ1v) is 11.1. The van der Waals surface area contributed by atoms with Gasteiger partial charge in [0.05, 0.1) is 12.3 Å². The number of carbonyl (C=O) groups is 1. The van der Waals surface area contributed by atoms with Crippen molar-refractivity contribution in [1.82, 2.24) is 25.2 Å². The summed E-state index contributed by atoms with van der Waals surface area (Å²) in [5.74, 6) is 1.75. The Labute approximate surface area is 191 Å². The van der Waals surface area contributed by atoms with E-state index in [-0.39, 0.29) is 11.8 Å². The zero-order chi connectivity index (χ0) is 22.6. The van der Waals surface area contributed by atoms with E-state index in [9.17, 15) is 4.79 Å². The average Bonchev–Trinajstić information content (AvgIpc) is 3.59. The molecule has 33 heavy (non-hydrogen) atoms. The molecule has 2 aromatic heterocycles. The Morgan fingerprint density at radius 1 is 1.15 bits per heavy atom. The highest BCUT2D eigenvalue weighted by Crippen LogP contribution is 2.30. The van der Waals surface area contributed by atoms with Gasteiger partial charge in [-0.2, -0.15) is 10.1 Å². The zero-order valence-corrected chi connectivity index (χ0v) is 18.4. The van der Waals surface area contributed by atoms with Crippen molar-refractivity contribution in [2.45, 2.75) is 32.2 Å². The van der Waals surface area contributed by atoms with Crippen LogP contribution in [-0.2, 0) is 11.3 Å². The van der Waals surface area contributed by atoms with Gasteiger partial charge in [-0.1, -0.05) is 54.5 Å². The SMILES string of the molecule is CCCOc1ccc(CN2CC(c3noc(-c4cc(-c5ccccc5)n[nH]4)n3)CC2=O)cc1. The fraction of sp³-hybridized carbons (Fsp3) is 0.280. The molecule has 1 amide bonds. The smallest absolute Gasteiger partial charge is 0.275 e. The molecule has 0 bridgehead atoms. The van der Waals surface area contributed by atoms with Crippen molar-refractivity contribution in [3.8, 4) is 28.6 Å². The van der Waals surface area contributed by atoms with Crippen molar-refractivity contribution in [3.63, 3.8) is 0 Å². The van der Waals surface area contributed by atoms with Crippen LogP contribution < -0.4 is 4.74 Å². The van der Waals surface area contributed by atoms with E-state index in [1.54, 1.807) is 0 Å². The first-order valence-electron chi connectivity index (χ1n) is 11.1. The maximum absolute atomic E-state index is 12.6. The number of nitrogens with zero attached hydrogens (tertiary/aromatic N) is 4. The Balaban J connectivity index is 1.23. The monoisotopic (exact) mass is 443 g/mol. The normalized spacial score (nSPS) is 15.8. The number of benzene rings is 2. The number of hydrogen-bond donors (Lipinski definition) is 1. The lowest BCUT2D eigenvalue weighted by Crippen LogP contribution is -2.24. The highest BCUT2D eigenvalue weighted by molar-refractivity contribution is 5.79. The van der Waals surface area contributed by atoms with Crippen LogP contribution in [0.3, 0.4) is 0 Å². The van der Waals surface area contributed by atoms with Crippen LogP contribution in [0.2, 0.25) is 0 Å². The molecule has 0 aliphatic carbocycles. The number of carbonyl (C=O) groups excluding carboxylic acids is 1. The van der Waals surface area contributed by atoms with Crippen molar-refractivity contribution >= 4 is 5.91 Å². The number of aromatic nitrogens is 4. The van der Waals surface area contributed by atoms with Crippen LogP contribution in [0, 0.1) is 0 Å². The van der Waals surface area contributed by atoms with Crippen molar-refractivity contribution < 1.29 is 14.1 Å². The van der Waals surface area contributed by atoms with E-state index >= 15 is 0 Å². The molecule has 8 heteroatoms. The highest BCUT2D eigenvalue weighted by Gasteiger charge is 2.34. The minimum atomic E-state index is -0.0984. The molecule has 1 aliphatic rings. The summed E-state index contributed by atoms with van der Waals surface area (Å²) in [4.78, 5) is 19.0. The first kappa shape index (κ1) is 20.9. The Morgan fingerprint density at radius 3 is 2.76 bits per heavy atom. The van der Waals surface area contributed by atoms with Gasteiger partial charge in [0, 0.05) is 31.0 Å². The van der Waals surface area contributed by atoms with Crippen LogP contribution in [0.15, 0.2) is 65.2 Å². The van der Waals surface area contributed by atoms with Gasteiger partial charge >= 0.3 is 0 Å². The van der Waals surface area contributed by atoms with E-state index < -0.39 is 0 Å². The molecule has 1 atom stereocenters. The summed E-state index contributed by atoms with van der Waals surface area (Å²) in [6.07, 6.45) is 1.34. The number of hydrogen-bond acceptors (Lipinski definition) is 6. The van der Waals surface area contributed by atoms with Crippen LogP contribution in [0.25, 0.3) is 22.8 Å². The summed E-state index contributed by atoms with van der Waals surface area (Å²) in [5, 5.41) is 11.4. The molecule has 2 aromatic carbocycles. The molecule has 1 N–H and O–H groups in total. The third kappa shape index (κ3) is 4.64. The molecule has 8 nitrogen and oxygen atoms in total. The lowest BCUT2D eigenvalue weighted by Gasteiger charge is -2.16. The van der Waals surface area contributed by atoms with Gasteiger partial charge in [0.15, 0.2) is 5.82 Å². The van der Waals surface area contributed by atoms with Gasteiger partial charge in [0.25, 0.3) is 5.89 Å². The van der Waals surface area contributed by atoms with Crippen LogP contribution in [-0.4, -0.2) is 44.3 Å². The summed E-state index contributed by atoms with van der Waals surface area (Å²) in [6, 6.07) is 19.6. The molecular formula is C25H25N5O3. The average molecular weight is 444 g/mol. The van der Waals surface area contributed by atoms with Gasteiger partial charge < -0.3 is 14.2 Å². The number of rotatable bonds is 8. The number of aromatic amines is 1. The summed E-state index contributed by atoms with van der Waals surface area (Å²) in [7, 11) is 0. The Kier molecular flexibility index (Phi) is 5.89. The lowest BCUT2D eigenvalue weighted by atomic mass is 10.1.